The van der Waals surface area contributed by atoms with Gasteiger partial charge in [0.05, 0.1) is 26.0 Å². The van der Waals surface area contributed by atoms with E-state index in [0.29, 0.717) is 6.54 Å². The summed E-state index contributed by atoms with van der Waals surface area (Å²) in [4.78, 5) is 25.0. The number of carbonyl (C=O) groups excluding carboxylic acids is 2. The minimum Gasteiger partial charge on any atom is -0.370 e. The maximum Gasteiger partial charge on any atom is 0.329 e. The molecule has 0 aromatic heterocycles. The summed E-state index contributed by atoms with van der Waals surface area (Å²) in [7, 11) is 0. The largest absolute Gasteiger partial charge is 0.370 e. The molecule has 148 valence electrons. The Labute approximate surface area is 161 Å². The molecule has 0 bridgehead atoms. The van der Waals surface area contributed by atoms with Gasteiger partial charge < -0.3 is 15.0 Å². The van der Waals surface area contributed by atoms with Crippen molar-refractivity contribution in [3.8, 4) is 0 Å². The summed E-state index contributed by atoms with van der Waals surface area (Å²) in [5.74, 6) is -1.41. The molecule has 7 heteroatoms. The van der Waals surface area contributed by atoms with E-state index in [1.165, 1.54) is 16.7 Å². The summed E-state index contributed by atoms with van der Waals surface area (Å²) in [5.41, 5.74) is 4.43. The Morgan fingerprint density at radius 2 is 1.81 bits per heavy atom. The molecule has 1 fully saturated rings. The van der Waals surface area contributed by atoms with E-state index < -0.39 is 11.8 Å². The molecule has 27 heavy (non-hydrogen) atoms. The Hall–Kier alpha value is -2.25. The molecule has 1 aromatic rings. The fraction of sp³-hybridized carbons (Fsp3) is 0.550. The molecular weight excluding hydrogens is 344 g/mol. The highest BCUT2D eigenvalue weighted by Crippen LogP contribution is 2.21. The van der Waals surface area contributed by atoms with Gasteiger partial charge >= 0.3 is 11.8 Å². The van der Waals surface area contributed by atoms with E-state index in [2.05, 4.69) is 36.6 Å². The predicted octanol–water partition coefficient (Wildman–Crippen LogP) is -0.144. The number of hydrogen-bond donors (Lipinski definition) is 3. The number of nitrogens with one attached hydrogen (secondary N) is 3. The zero-order valence-corrected chi connectivity index (χ0v) is 16.5. The van der Waals surface area contributed by atoms with E-state index in [0.717, 1.165) is 44.8 Å². The smallest absolute Gasteiger partial charge is 0.329 e. The third-order valence-corrected chi connectivity index (χ3v) is 4.56. The molecule has 0 saturated carbocycles. The van der Waals surface area contributed by atoms with Gasteiger partial charge in [-0.15, -0.1) is 0 Å². The Morgan fingerprint density at radius 3 is 2.44 bits per heavy atom. The number of hydrazone groups is 1. The number of ether oxygens (including phenoxy) is 1. The topological polar surface area (TPSA) is 84.2 Å². The second kappa shape index (κ2) is 10.2. The fourth-order valence-electron chi connectivity index (χ4n) is 2.82. The lowest BCUT2D eigenvalue weighted by Gasteiger charge is -2.23. The van der Waals surface area contributed by atoms with Crippen LogP contribution in [-0.4, -0.2) is 57.4 Å². The number of carbonyl (C=O) groups is 2. The maximum absolute atomic E-state index is 11.8. The molecule has 1 aromatic carbocycles. The first-order valence-corrected chi connectivity index (χ1v) is 9.49. The van der Waals surface area contributed by atoms with Gasteiger partial charge in [0.25, 0.3) is 0 Å². The van der Waals surface area contributed by atoms with Crippen LogP contribution in [0, 0.1) is 0 Å². The van der Waals surface area contributed by atoms with Gasteiger partial charge in [0.15, 0.2) is 0 Å². The van der Waals surface area contributed by atoms with E-state index >= 15 is 0 Å². The van der Waals surface area contributed by atoms with Crippen LogP contribution in [-0.2, 0) is 19.7 Å². The molecule has 1 heterocycles. The zero-order chi connectivity index (χ0) is 19.7. The number of benzene rings is 1. The molecule has 1 aliphatic rings. The highest BCUT2D eigenvalue weighted by Gasteiger charge is 2.15. The lowest BCUT2D eigenvalue weighted by atomic mass is 9.87. The van der Waals surface area contributed by atoms with Gasteiger partial charge in [0.2, 0.25) is 0 Å². The van der Waals surface area contributed by atoms with E-state index in [4.69, 9.17) is 4.74 Å². The number of nitrogens with zero attached hydrogens (tertiary/aromatic N) is 1. The van der Waals surface area contributed by atoms with Crippen molar-refractivity contribution in [2.75, 3.05) is 39.4 Å². The van der Waals surface area contributed by atoms with Crippen molar-refractivity contribution in [2.24, 2.45) is 5.10 Å². The molecule has 7 nitrogen and oxygen atoms in total. The van der Waals surface area contributed by atoms with Crippen LogP contribution in [0.1, 0.15) is 38.3 Å². The van der Waals surface area contributed by atoms with Crippen molar-refractivity contribution >= 4 is 18.0 Å². The molecule has 3 N–H and O–H groups in total. The van der Waals surface area contributed by atoms with Gasteiger partial charge in [0.1, 0.15) is 13.1 Å². The summed E-state index contributed by atoms with van der Waals surface area (Å²) in [5, 5.41) is 6.48. The van der Waals surface area contributed by atoms with Crippen LogP contribution < -0.4 is 15.6 Å². The van der Waals surface area contributed by atoms with E-state index in [9.17, 15) is 9.59 Å². The third-order valence-electron chi connectivity index (χ3n) is 4.56. The van der Waals surface area contributed by atoms with Crippen LogP contribution in [0.25, 0.3) is 0 Å². The second-order valence-electron chi connectivity index (χ2n) is 7.79. The van der Waals surface area contributed by atoms with Gasteiger partial charge in [-0.25, -0.2) is 5.43 Å². The van der Waals surface area contributed by atoms with E-state index in [1.807, 2.05) is 24.3 Å². The lowest BCUT2D eigenvalue weighted by Crippen LogP contribution is -3.14. The van der Waals surface area contributed by atoms with Crippen molar-refractivity contribution in [1.82, 2.24) is 10.7 Å². The van der Waals surface area contributed by atoms with Crippen LogP contribution in [0.3, 0.4) is 0 Å². The summed E-state index contributed by atoms with van der Waals surface area (Å²) < 4.78 is 5.31. The van der Waals surface area contributed by atoms with Crippen molar-refractivity contribution in [1.29, 1.82) is 0 Å². The number of amides is 2. The van der Waals surface area contributed by atoms with Gasteiger partial charge in [-0.2, -0.15) is 5.10 Å². The van der Waals surface area contributed by atoms with Crippen molar-refractivity contribution in [3.05, 3.63) is 35.4 Å². The Morgan fingerprint density at radius 1 is 1.15 bits per heavy atom. The molecule has 1 aliphatic heterocycles. The molecule has 2 amide bonds. The van der Waals surface area contributed by atoms with Crippen LogP contribution in [0.15, 0.2) is 29.4 Å². The Bertz CT molecular complexity index is 644. The molecule has 0 unspecified atom stereocenters. The SMILES string of the molecule is CC(C)(C)c1ccc(/C=N\NC(=O)C(=O)NCCC[NH+]2CCOCC2)cc1. The zero-order valence-electron chi connectivity index (χ0n) is 16.5. The van der Waals surface area contributed by atoms with Gasteiger partial charge in [-0.05, 0) is 16.5 Å². The van der Waals surface area contributed by atoms with Crippen LogP contribution in [0.4, 0.5) is 0 Å². The van der Waals surface area contributed by atoms with Crippen molar-refractivity contribution in [3.63, 3.8) is 0 Å². The van der Waals surface area contributed by atoms with Crippen molar-refractivity contribution < 1.29 is 19.2 Å². The second-order valence-corrected chi connectivity index (χ2v) is 7.79. The summed E-state index contributed by atoms with van der Waals surface area (Å²) in [6.45, 7) is 11.5. The molecule has 0 radical (unpaired) electrons. The maximum atomic E-state index is 11.8. The minimum absolute atomic E-state index is 0.0885. The van der Waals surface area contributed by atoms with Crippen molar-refractivity contribution in [2.45, 2.75) is 32.6 Å². The molecule has 2 rings (SSSR count). The number of hydrogen-bond acceptors (Lipinski definition) is 4. The van der Waals surface area contributed by atoms with E-state index in [-0.39, 0.29) is 5.41 Å². The fourth-order valence-corrected chi connectivity index (χ4v) is 2.82. The number of quaternary nitrogens is 1. The highest BCUT2D eigenvalue weighted by molar-refractivity contribution is 6.35. The van der Waals surface area contributed by atoms with E-state index in [1.54, 1.807) is 0 Å². The summed E-state index contributed by atoms with van der Waals surface area (Å²) in [6, 6.07) is 7.94. The summed E-state index contributed by atoms with van der Waals surface area (Å²) >= 11 is 0. The molecule has 0 spiro atoms. The quantitative estimate of drug-likeness (QED) is 0.280. The number of rotatable bonds is 6. The molecule has 1 saturated heterocycles. The van der Waals surface area contributed by atoms with Gasteiger partial charge in [-0.1, -0.05) is 45.0 Å². The Balaban J connectivity index is 1.66. The first-order chi connectivity index (χ1) is 12.9. The summed E-state index contributed by atoms with van der Waals surface area (Å²) in [6.07, 6.45) is 2.36. The minimum atomic E-state index is -0.753. The predicted molar refractivity (Wildman–Crippen MR) is 105 cm³/mol. The normalized spacial score (nSPS) is 15.7. The third kappa shape index (κ3) is 7.48. The first-order valence-electron chi connectivity index (χ1n) is 9.49. The highest BCUT2D eigenvalue weighted by atomic mass is 16.5. The van der Waals surface area contributed by atoms with Crippen LogP contribution >= 0.6 is 0 Å². The monoisotopic (exact) mass is 375 g/mol. The molecule has 0 aliphatic carbocycles. The lowest BCUT2D eigenvalue weighted by molar-refractivity contribution is -0.908. The van der Waals surface area contributed by atoms with Gasteiger partial charge in [0, 0.05) is 13.0 Å². The van der Waals surface area contributed by atoms with Crippen LogP contribution in [0.2, 0.25) is 0 Å². The average molecular weight is 375 g/mol. The van der Waals surface area contributed by atoms with Gasteiger partial charge in [-0.3, -0.25) is 9.59 Å². The standard InChI is InChI=1S/C20H30N4O3/c1-20(2,3)17-7-5-16(6-8-17)15-22-23-19(26)18(25)21-9-4-10-24-11-13-27-14-12-24/h5-8,15H,4,9-14H2,1-3H3,(H,21,25)(H,23,26)/p+1/b22-15-. The molecular formula is C20H31N4O3+. The Kier molecular flexibility index (Phi) is 7.94. The molecule has 0 atom stereocenters. The number of morpholine rings is 1. The average Bonchev–Trinajstić information content (AvgIpc) is 2.65. The van der Waals surface area contributed by atoms with Crippen LogP contribution in [0.5, 0.6) is 0 Å². The first kappa shape index (κ1) is 21.1.